The molecule has 0 atom stereocenters. The maximum atomic E-state index is 9.83. The van der Waals surface area contributed by atoms with E-state index >= 15 is 0 Å². The number of hydrogen-bond acceptors (Lipinski definition) is 3. The summed E-state index contributed by atoms with van der Waals surface area (Å²) in [4.78, 5) is 2.18. The summed E-state index contributed by atoms with van der Waals surface area (Å²) in [7, 11) is 0. The predicted molar refractivity (Wildman–Crippen MR) is 74.7 cm³/mol. The van der Waals surface area contributed by atoms with E-state index in [4.69, 9.17) is 11.1 Å². The SMILES string of the molecule is CCN(Cc1ccc(C(=N)N)cc1)CC(C)(C)O. The van der Waals surface area contributed by atoms with Crippen molar-refractivity contribution in [3.63, 3.8) is 0 Å². The van der Waals surface area contributed by atoms with Crippen molar-refractivity contribution in [1.82, 2.24) is 4.90 Å². The van der Waals surface area contributed by atoms with E-state index in [1.165, 1.54) is 0 Å². The Kier molecular flexibility index (Phi) is 4.87. The van der Waals surface area contributed by atoms with Crippen LogP contribution in [0.1, 0.15) is 31.9 Å². The van der Waals surface area contributed by atoms with Gasteiger partial charge in [0, 0.05) is 18.7 Å². The number of nitrogens with one attached hydrogen (secondary N) is 1. The molecule has 0 aliphatic heterocycles. The first-order valence-corrected chi connectivity index (χ1v) is 6.20. The van der Waals surface area contributed by atoms with Crippen LogP contribution in [0.2, 0.25) is 0 Å². The zero-order valence-corrected chi connectivity index (χ0v) is 11.4. The molecular formula is C14H23N3O. The average molecular weight is 249 g/mol. The average Bonchev–Trinajstić information content (AvgIpc) is 2.27. The third-order valence-corrected chi connectivity index (χ3v) is 2.73. The summed E-state index contributed by atoms with van der Waals surface area (Å²) in [5.74, 6) is 0.0883. The Balaban J connectivity index is 2.67. The van der Waals surface area contributed by atoms with Crippen molar-refractivity contribution in [2.75, 3.05) is 13.1 Å². The number of rotatable bonds is 6. The summed E-state index contributed by atoms with van der Waals surface area (Å²) < 4.78 is 0. The van der Waals surface area contributed by atoms with Crippen LogP contribution >= 0.6 is 0 Å². The van der Waals surface area contributed by atoms with Gasteiger partial charge >= 0.3 is 0 Å². The highest BCUT2D eigenvalue weighted by atomic mass is 16.3. The van der Waals surface area contributed by atoms with Crippen LogP contribution < -0.4 is 5.73 Å². The van der Waals surface area contributed by atoms with Crippen LogP contribution in [0.15, 0.2) is 24.3 Å². The topological polar surface area (TPSA) is 73.3 Å². The van der Waals surface area contributed by atoms with Gasteiger partial charge in [-0.2, -0.15) is 0 Å². The molecule has 4 N–H and O–H groups in total. The second kappa shape index (κ2) is 5.98. The van der Waals surface area contributed by atoms with Crippen molar-refractivity contribution in [2.45, 2.75) is 32.9 Å². The van der Waals surface area contributed by atoms with E-state index < -0.39 is 5.60 Å². The van der Waals surface area contributed by atoms with Gasteiger partial charge in [0.05, 0.1) is 5.60 Å². The van der Waals surface area contributed by atoms with Gasteiger partial charge < -0.3 is 10.8 Å². The first-order valence-electron chi connectivity index (χ1n) is 6.20. The molecule has 0 saturated carbocycles. The van der Waals surface area contributed by atoms with Gasteiger partial charge in [0.15, 0.2) is 0 Å². The monoisotopic (exact) mass is 249 g/mol. The molecule has 0 aliphatic rings. The summed E-state index contributed by atoms with van der Waals surface area (Å²) in [6.07, 6.45) is 0. The molecular weight excluding hydrogens is 226 g/mol. The maximum Gasteiger partial charge on any atom is 0.122 e. The highest BCUT2D eigenvalue weighted by Crippen LogP contribution is 2.11. The van der Waals surface area contributed by atoms with E-state index in [9.17, 15) is 5.11 Å². The molecule has 0 aromatic heterocycles. The molecule has 0 amide bonds. The van der Waals surface area contributed by atoms with E-state index in [1.807, 2.05) is 38.1 Å². The third-order valence-electron chi connectivity index (χ3n) is 2.73. The van der Waals surface area contributed by atoms with Crippen LogP contribution in [0.4, 0.5) is 0 Å². The molecule has 0 spiro atoms. The number of aliphatic hydroxyl groups is 1. The summed E-state index contributed by atoms with van der Waals surface area (Å²) in [5, 5.41) is 17.2. The largest absolute Gasteiger partial charge is 0.389 e. The summed E-state index contributed by atoms with van der Waals surface area (Å²) in [5.41, 5.74) is 6.63. The summed E-state index contributed by atoms with van der Waals surface area (Å²) in [6, 6.07) is 7.67. The van der Waals surface area contributed by atoms with E-state index in [0.717, 1.165) is 24.2 Å². The molecule has 0 unspecified atom stereocenters. The van der Waals surface area contributed by atoms with Gasteiger partial charge in [-0.1, -0.05) is 31.2 Å². The fraction of sp³-hybridized carbons (Fsp3) is 0.500. The molecule has 1 aromatic rings. The van der Waals surface area contributed by atoms with E-state index in [1.54, 1.807) is 0 Å². The number of likely N-dealkylation sites (N-methyl/N-ethyl adjacent to an activating group) is 1. The quantitative estimate of drug-likeness (QED) is 0.529. The minimum absolute atomic E-state index is 0.0883. The molecule has 1 rings (SSSR count). The molecule has 4 nitrogen and oxygen atoms in total. The molecule has 1 aromatic carbocycles. The summed E-state index contributed by atoms with van der Waals surface area (Å²) >= 11 is 0. The second-order valence-corrected chi connectivity index (χ2v) is 5.23. The lowest BCUT2D eigenvalue weighted by Crippen LogP contribution is -2.38. The van der Waals surface area contributed by atoms with Crippen molar-refractivity contribution in [3.8, 4) is 0 Å². The van der Waals surface area contributed by atoms with Crippen LogP contribution in [0.5, 0.6) is 0 Å². The van der Waals surface area contributed by atoms with Crippen molar-refractivity contribution in [1.29, 1.82) is 5.41 Å². The summed E-state index contributed by atoms with van der Waals surface area (Å²) in [6.45, 7) is 8.02. The van der Waals surface area contributed by atoms with Crippen LogP contribution in [0, 0.1) is 5.41 Å². The lowest BCUT2D eigenvalue weighted by Gasteiger charge is -2.28. The van der Waals surface area contributed by atoms with Gasteiger partial charge in [0.2, 0.25) is 0 Å². The standard InChI is InChI=1S/C14H23N3O/c1-4-17(10-14(2,3)18)9-11-5-7-12(8-6-11)13(15)16/h5-8,18H,4,9-10H2,1-3H3,(H3,15,16). The number of nitrogens with zero attached hydrogens (tertiary/aromatic N) is 1. The maximum absolute atomic E-state index is 9.83. The Labute approximate surface area is 109 Å². The Morgan fingerprint density at radius 2 is 1.89 bits per heavy atom. The number of nitrogens with two attached hydrogens (primary N) is 1. The van der Waals surface area contributed by atoms with Crippen LogP contribution in [-0.2, 0) is 6.54 Å². The van der Waals surface area contributed by atoms with Gasteiger partial charge in [0.1, 0.15) is 5.84 Å². The lowest BCUT2D eigenvalue weighted by molar-refractivity contribution is 0.0353. The van der Waals surface area contributed by atoms with Gasteiger partial charge in [-0.3, -0.25) is 10.3 Å². The van der Waals surface area contributed by atoms with Gasteiger partial charge in [-0.15, -0.1) is 0 Å². The van der Waals surface area contributed by atoms with Crippen LogP contribution in [-0.4, -0.2) is 34.5 Å². The first-order chi connectivity index (χ1) is 8.31. The predicted octanol–water partition coefficient (Wildman–Crippen LogP) is 1.56. The Morgan fingerprint density at radius 3 is 2.28 bits per heavy atom. The minimum Gasteiger partial charge on any atom is -0.389 e. The Morgan fingerprint density at radius 1 is 1.33 bits per heavy atom. The van der Waals surface area contributed by atoms with E-state index in [0.29, 0.717) is 6.54 Å². The molecule has 18 heavy (non-hydrogen) atoms. The number of nitrogen functional groups attached to an aromatic ring is 1. The zero-order valence-electron chi connectivity index (χ0n) is 11.4. The van der Waals surface area contributed by atoms with E-state index in [-0.39, 0.29) is 5.84 Å². The lowest BCUT2D eigenvalue weighted by atomic mass is 10.1. The number of amidine groups is 1. The number of benzene rings is 1. The molecule has 0 heterocycles. The first kappa shape index (κ1) is 14.7. The smallest absolute Gasteiger partial charge is 0.122 e. The van der Waals surface area contributed by atoms with Crippen LogP contribution in [0.25, 0.3) is 0 Å². The normalized spacial score (nSPS) is 11.8. The Bertz CT molecular complexity index is 392. The molecule has 100 valence electrons. The molecule has 0 saturated heterocycles. The molecule has 0 bridgehead atoms. The van der Waals surface area contributed by atoms with Gasteiger partial charge in [-0.05, 0) is 26.0 Å². The molecule has 0 radical (unpaired) electrons. The van der Waals surface area contributed by atoms with Gasteiger partial charge in [0.25, 0.3) is 0 Å². The number of hydrogen-bond donors (Lipinski definition) is 3. The molecule has 0 fully saturated rings. The fourth-order valence-corrected chi connectivity index (χ4v) is 1.87. The fourth-order valence-electron chi connectivity index (χ4n) is 1.87. The highest BCUT2D eigenvalue weighted by Gasteiger charge is 2.17. The van der Waals surface area contributed by atoms with Crippen molar-refractivity contribution < 1.29 is 5.11 Å². The minimum atomic E-state index is -0.685. The molecule has 0 aliphatic carbocycles. The molecule has 4 heteroatoms. The highest BCUT2D eigenvalue weighted by molar-refractivity contribution is 5.94. The third kappa shape index (κ3) is 4.85. The zero-order chi connectivity index (χ0) is 13.8. The van der Waals surface area contributed by atoms with Crippen LogP contribution in [0.3, 0.4) is 0 Å². The van der Waals surface area contributed by atoms with Gasteiger partial charge in [-0.25, -0.2) is 0 Å². The van der Waals surface area contributed by atoms with Crippen molar-refractivity contribution >= 4 is 5.84 Å². The second-order valence-electron chi connectivity index (χ2n) is 5.23. The van der Waals surface area contributed by atoms with Crippen molar-refractivity contribution in [2.24, 2.45) is 5.73 Å². The van der Waals surface area contributed by atoms with E-state index in [2.05, 4.69) is 11.8 Å². The van der Waals surface area contributed by atoms with Crippen molar-refractivity contribution in [3.05, 3.63) is 35.4 Å². The Hall–Kier alpha value is -1.39.